The quantitative estimate of drug-likeness (QED) is 0.778. The smallest absolute Gasteiger partial charge is 0.237 e. The molecule has 110 valence electrons. The lowest BCUT2D eigenvalue weighted by Gasteiger charge is -2.32. The largest absolute Gasteiger partial charge is 0.352 e. The fourth-order valence-electron chi connectivity index (χ4n) is 2.62. The van der Waals surface area contributed by atoms with Gasteiger partial charge in [0, 0.05) is 19.1 Å². The Morgan fingerprint density at radius 1 is 1.11 bits per heavy atom. The van der Waals surface area contributed by atoms with Gasteiger partial charge in [0.05, 0.1) is 0 Å². The molecule has 1 aliphatic rings. The van der Waals surface area contributed by atoms with Gasteiger partial charge in [0.25, 0.3) is 0 Å². The lowest BCUT2D eigenvalue weighted by Crippen LogP contribution is -2.52. The second-order valence-electron chi connectivity index (χ2n) is 5.91. The van der Waals surface area contributed by atoms with E-state index in [9.17, 15) is 9.59 Å². The molecule has 0 aliphatic heterocycles. The summed E-state index contributed by atoms with van der Waals surface area (Å²) in [5.41, 5.74) is -0.969. The van der Waals surface area contributed by atoms with Crippen molar-refractivity contribution in [3.05, 3.63) is 0 Å². The highest BCUT2D eigenvalue weighted by molar-refractivity contribution is 6.04. The third-order valence-electron chi connectivity index (χ3n) is 4.09. The molecule has 0 spiro atoms. The molecule has 1 saturated carbocycles. The molecule has 1 fully saturated rings. The summed E-state index contributed by atoms with van der Waals surface area (Å²) in [4.78, 5) is 26.5. The van der Waals surface area contributed by atoms with Gasteiger partial charge in [-0.15, -0.1) is 0 Å². The topological polar surface area (TPSA) is 49.4 Å². The van der Waals surface area contributed by atoms with Crippen molar-refractivity contribution in [3.8, 4) is 0 Å². The number of amides is 2. The molecular formula is C15H28N2O2. The fraction of sp³-hybridized carbons (Fsp3) is 0.867. The van der Waals surface area contributed by atoms with Gasteiger partial charge in [-0.1, -0.05) is 19.3 Å². The predicted molar refractivity (Wildman–Crippen MR) is 76.7 cm³/mol. The Bertz CT molecular complexity index is 316. The van der Waals surface area contributed by atoms with Gasteiger partial charge >= 0.3 is 0 Å². The van der Waals surface area contributed by atoms with Crippen molar-refractivity contribution in [2.75, 3.05) is 13.1 Å². The van der Waals surface area contributed by atoms with Crippen LogP contribution in [-0.2, 0) is 9.59 Å². The van der Waals surface area contributed by atoms with Gasteiger partial charge in [-0.05, 0) is 40.5 Å². The van der Waals surface area contributed by atoms with E-state index in [-0.39, 0.29) is 17.9 Å². The Kier molecular flexibility index (Phi) is 5.83. The van der Waals surface area contributed by atoms with E-state index in [0.29, 0.717) is 13.1 Å². The van der Waals surface area contributed by atoms with Gasteiger partial charge in [-0.25, -0.2) is 0 Å². The summed E-state index contributed by atoms with van der Waals surface area (Å²) < 4.78 is 0. The van der Waals surface area contributed by atoms with Crippen molar-refractivity contribution in [1.82, 2.24) is 10.2 Å². The van der Waals surface area contributed by atoms with E-state index in [1.165, 1.54) is 19.3 Å². The molecule has 19 heavy (non-hydrogen) atoms. The summed E-state index contributed by atoms with van der Waals surface area (Å²) in [6.07, 6.45) is 5.70. The first-order valence-electron chi connectivity index (χ1n) is 7.53. The van der Waals surface area contributed by atoms with Crippen LogP contribution < -0.4 is 5.32 Å². The lowest BCUT2D eigenvalue weighted by atomic mass is 9.88. The summed E-state index contributed by atoms with van der Waals surface area (Å²) in [6, 6.07) is 0.255. The standard InChI is InChI=1S/C15H28N2O2/c1-5-17(6-2)14(19)15(3,4)13(18)16-12-10-8-7-9-11-12/h12H,5-11H2,1-4H3,(H,16,18). The van der Waals surface area contributed by atoms with Crippen LogP contribution in [0.25, 0.3) is 0 Å². The summed E-state index contributed by atoms with van der Waals surface area (Å²) in [5, 5.41) is 3.06. The SMILES string of the molecule is CCN(CC)C(=O)C(C)(C)C(=O)NC1CCCCC1. The number of hydrogen-bond acceptors (Lipinski definition) is 2. The van der Waals surface area contributed by atoms with Crippen molar-refractivity contribution in [1.29, 1.82) is 0 Å². The summed E-state index contributed by atoms with van der Waals surface area (Å²) in [6.45, 7) is 8.63. The first-order chi connectivity index (χ1) is 8.93. The minimum absolute atomic E-state index is 0.0780. The van der Waals surface area contributed by atoms with Gasteiger partial charge < -0.3 is 10.2 Å². The number of nitrogens with zero attached hydrogens (tertiary/aromatic N) is 1. The van der Waals surface area contributed by atoms with Crippen LogP contribution in [0.4, 0.5) is 0 Å². The van der Waals surface area contributed by atoms with E-state index in [2.05, 4.69) is 5.32 Å². The first-order valence-corrected chi connectivity index (χ1v) is 7.53. The fourth-order valence-corrected chi connectivity index (χ4v) is 2.62. The van der Waals surface area contributed by atoms with E-state index in [4.69, 9.17) is 0 Å². The minimum atomic E-state index is -0.969. The van der Waals surface area contributed by atoms with Crippen LogP contribution in [0.15, 0.2) is 0 Å². The van der Waals surface area contributed by atoms with Crippen LogP contribution in [0.1, 0.15) is 59.8 Å². The molecule has 0 atom stereocenters. The third-order valence-corrected chi connectivity index (χ3v) is 4.09. The average molecular weight is 268 g/mol. The zero-order valence-electron chi connectivity index (χ0n) is 12.8. The Hall–Kier alpha value is -1.06. The molecule has 0 heterocycles. The predicted octanol–water partition coefficient (Wildman–Crippen LogP) is 2.33. The Morgan fingerprint density at radius 2 is 1.63 bits per heavy atom. The lowest BCUT2D eigenvalue weighted by molar-refractivity contribution is -0.148. The number of rotatable bonds is 5. The normalized spacial score (nSPS) is 17.1. The monoisotopic (exact) mass is 268 g/mol. The van der Waals surface area contributed by atoms with Crippen molar-refractivity contribution >= 4 is 11.8 Å². The van der Waals surface area contributed by atoms with Gasteiger partial charge in [-0.3, -0.25) is 9.59 Å². The first kappa shape index (κ1) is 16.0. The maximum atomic E-state index is 12.4. The van der Waals surface area contributed by atoms with Crippen molar-refractivity contribution in [2.24, 2.45) is 5.41 Å². The molecule has 1 N–H and O–H groups in total. The molecule has 0 aromatic carbocycles. The van der Waals surface area contributed by atoms with Crippen molar-refractivity contribution in [2.45, 2.75) is 65.8 Å². The molecule has 0 aromatic rings. The average Bonchev–Trinajstić information content (AvgIpc) is 2.41. The summed E-state index contributed by atoms with van der Waals surface area (Å²) in [5.74, 6) is -0.206. The number of carbonyl (C=O) groups is 2. The van der Waals surface area contributed by atoms with Crippen molar-refractivity contribution in [3.63, 3.8) is 0 Å². The third kappa shape index (κ3) is 3.95. The van der Waals surface area contributed by atoms with Crippen molar-refractivity contribution < 1.29 is 9.59 Å². The number of carbonyl (C=O) groups excluding carboxylic acids is 2. The van der Waals surface area contributed by atoms with Gasteiger partial charge in [0.15, 0.2) is 0 Å². The van der Waals surface area contributed by atoms with E-state index >= 15 is 0 Å². The van der Waals surface area contributed by atoms with Crippen LogP contribution in [0.2, 0.25) is 0 Å². The van der Waals surface area contributed by atoms with Gasteiger partial charge in [0.1, 0.15) is 5.41 Å². The zero-order chi connectivity index (χ0) is 14.5. The Balaban J connectivity index is 2.64. The van der Waals surface area contributed by atoms with Crippen LogP contribution in [0, 0.1) is 5.41 Å². The van der Waals surface area contributed by atoms with E-state index in [1.807, 2.05) is 13.8 Å². The molecule has 1 rings (SSSR count). The minimum Gasteiger partial charge on any atom is -0.352 e. The second-order valence-corrected chi connectivity index (χ2v) is 5.91. The Morgan fingerprint density at radius 3 is 2.11 bits per heavy atom. The molecule has 4 heteroatoms. The second kappa shape index (κ2) is 6.92. The molecule has 0 unspecified atom stereocenters. The maximum Gasteiger partial charge on any atom is 0.237 e. The maximum absolute atomic E-state index is 12.4. The highest BCUT2D eigenvalue weighted by atomic mass is 16.2. The molecule has 1 aliphatic carbocycles. The molecule has 2 amide bonds. The van der Waals surface area contributed by atoms with Crippen LogP contribution >= 0.6 is 0 Å². The zero-order valence-corrected chi connectivity index (χ0v) is 12.8. The molecule has 0 saturated heterocycles. The van der Waals surface area contributed by atoms with Gasteiger partial charge in [-0.2, -0.15) is 0 Å². The van der Waals surface area contributed by atoms with Crippen LogP contribution in [-0.4, -0.2) is 35.8 Å². The summed E-state index contributed by atoms with van der Waals surface area (Å²) in [7, 11) is 0. The van der Waals surface area contributed by atoms with Crippen LogP contribution in [0.5, 0.6) is 0 Å². The highest BCUT2D eigenvalue weighted by Crippen LogP contribution is 2.22. The van der Waals surface area contributed by atoms with Crippen LogP contribution in [0.3, 0.4) is 0 Å². The highest BCUT2D eigenvalue weighted by Gasteiger charge is 2.39. The molecule has 0 bridgehead atoms. The number of hydrogen-bond donors (Lipinski definition) is 1. The summed E-state index contributed by atoms with van der Waals surface area (Å²) >= 11 is 0. The molecular weight excluding hydrogens is 240 g/mol. The Labute approximate surface area is 116 Å². The van der Waals surface area contributed by atoms with Gasteiger partial charge in [0.2, 0.25) is 11.8 Å². The molecule has 0 aromatic heterocycles. The molecule has 0 radical (unpaired) electrons. The number of nitrogens with one attached hydrogen (secondary N) is 1. The van der Waals surface area contributed by atoms with E-state index < -0.39 is 5.41 Å². The van der Waals surface area contributed by atoms with E-state index in [0.717, 1.165) is 12.8 Å². The van der Waals surface area contributed by atoms with E-state index in [1.54, 1.807) is 18.7 Å². The molecule has 4 nitrogen and oxygen atoms in total.